The zero-order chi connectivity index (χ0) is 9.90. The maximum absolute atomic E-state index is 3.90. The van der Waals surface area contributed by atoms with E-state index in [4.69, 9.17) is 0 Å². The van der Waals surface area contributed by atoms with Gasteiger partial charge in [-0.05, 0) is 17.9 Å². The van der Waals surface area contributed by atoms with Crippen molar-refractivity contribution < 1.29 is 0 Å². The Morgan fingerprint density at radius 2 is 1.92 bits per heavy atom. The van der Waals surface area contributed by atoms with Crippen molar-refractivity contribution in [2.45, 2.75) is 20.3 Å². The van der Waals surface area contributed by atoms with E-state index in [0.29, 0.717) is 5.92 Å². The molecular formula is C13H18. The molecule has 1 aliphatic rings. The maximum Gasteiger partial charge on any atom is 0.0125 e. The van der Waals surface area contributed by atoms with Gasteiger partial charge in [0, 0.05) is 5.41 Å². The Labute approximate surface area is 81.4 Å². The molecule has 0 atom stereocenters. The molecule has 0 spiro atoms. The molecule has 0 N–H and O–H groups in total. The normalized spacial score (nSPS) is 19.5. The summed E-state index contributed by atoms with van der Waals surface area (Å²) in [5.41, 5.74) is 1.25. The van der Waals surface area contributed by atoms with Crippen LogP contribution in [0.1, 0.15) is 20.3 Å². The molecule has 0 unspecified atom stereocenters. The van der Waals surface area contributed by atoms with Crippen LogP contribution in [0.2, 0.25) is 0 Å². The van der Waals surface area contributed by atoms with Crippen LogP contribution in [0, 0.1) is 11.3 Å². The van der Waals surface area contributed by atoms with Crippen molar-refractivity contribution in [2.24, 2.45) is 11.3 Å². The molecule has 0 amide bonds. The molecule has 0 aromatic carbocycles. The van der Waals surface area contributed by atoms with Crippen LogP contribution in [0.5, 0.6) is 0 Å². The molecule has 1 rings (SSSR count). The highest BCUT2D eigenvalue weighted by Crippen LogP contribution is 2.38. The molecule has 1 aliphatic carbocycles. The fraction of sp³-hybridized carbons (Fsp3) is 0.385. The van der Waals surface area contributed by atoms with Crippen LogP contribution in [-0.4, -0.2) is 0 Å². The van der Waals surface area contributed by atoms with Gasteiger partial charge in [0.1, 0.15) is 0 Å². The Balaban J connectivity index is 2.93. The molecule has 0 heterocycles. The van der Waals surface area contributed by atoms with E-state index >= 15 is 0 Å². The predicted molar refractivity (Wildman–Crippen MR) is 59.5 cm³/mol. The summed E-state index contributed by atoms with van der Waals surface area (Å²) in [6.45, 7) is 12.2. The average Bonchev–Trinajstić information content (AvgIpc) is 2.09. The van der Waals surface area contributed by atoms with E-state index in [0.717, 1.165) is 12.0 Å². The van der Waals surface area contributed by atoms with Gasteiger partial charge in [-0.25, -0.2) is 0 Å². The topological polar surface area (TPSA) is 0 Å². The lowest BCUT2D eigenvalue weighted by molar-refractivity contribution is 0.348. The zero-order valence-electron chi connectivity index (χ0n) is 8.59. The molecule has 70 valence electrons. The monoisotopic (exact) mass is 174 g/mol. The second-order valence-electron chi connectivity index (χ2n) is 4.00. The van der Waals surface area contributed by atoms with Crippen molar-refractivity contribution in [3.63, 3.8) is 0 Å². The van der Waals surface area contributed by atoms with Gasteiger partial charge < -0.3 is 0 Å². The highest BCUT2D eigenvalue weighted by Gasteiger charge is 2.27. The highest BCUT2D eigenvalue weighted by atomic mass is 14.3. The van der Waals surface area contributed by atoms with E-state index in [9.17, 15) is 0 Å². The molecule has 0 aromatic rings. The molecule has 0 saturated carbocycles. The first kappa shape index (κ1) is 10.0. The van der Waals surface area contributed by atoms with Crippen LogP contribution in [-0.2, 0) is 0 Å². The van der Waals surface area contributed by atoms with Crippen molar-refractivity contribution in [1.29, 1.82) is 0 Å². The Morgan fingerprint density at radius 3 is 2.31 bits per heavy atom. The highest BCUT2D eigenvalue weighted by molar-refractivity contribution is 5.37. The summed E-state index contributed by atoms with van der Waals surface area (Å²) in [5.74, 6) is 0.603. The van der Waals surface area contributed by atoms with Crippen molar-refractivity contribution in [3.8, 4) is 0 Å². The van der Waals surface area contributed by atoms with E-state index < -0.39 is 0 Å². The lowest BCUT2D eigenvalue weighted by Gasteiger charge is -2.32. The second-order valence-corrected chi connectivity index (χ2v) is 4.00. The summed E-state index contributed by atoms with van der Waals surface area (Å²) in [4.78, 5) is 0. The average molecular weight is 174 g/mol. The lowest BCUT2D eigenvalue weighted by atomic mass is 9.72. The fourth-order valence-electron chi connectivity index (χ4n) is 1.64. The minimum Gasteiger partial charge on any atom is -0.103 e. The lowest BCUT2D eigenvalue weighted by Crippen LogP contribution is -2.23. The Bertz CT molecular complexity index is 248. The Kier molecular flexibility index (Phi) is 2.92. The van der Waals surface area contributed by atoms with Gasteiger partial charge in [-0.1, -0.05) is 50.8 Å². The van der Waals surface area contributed by atoms with E-state index in [1.165, 1.54) is 0 Å². The minimum absolute atomic E-state index is 0.170. The maximum atomic E-state index is 3.90. The standard InChI is InChI=1S/C13H18/c1-5-8-13(11(2)3)9-6-12(4)7-10-13/h5-7,9-11H,1,4,8H2,2-3H3. The van der Waals surface area contributed by atoms with Crippen LogP contribution in [0.4, 0.5) is 0 Å². The van der Waals surface area contributed by atoms with Crippen LogP contribution in [0.25, 0.3) is 0 Å². The quantitative estimate of drug-likeness (QED) is 0.569. The molecular weight excluding hydrogens is 156 g/mol. The molecule has 13 heavy (non-hydrogen) atoms. The fourth-order valence-corrected chi connectivity index (χ4v) is 1.64. The van der Waals surface area contributed by atoms with Crippen LogP contribution >= 0.6 is 0 Å². The molecule has 0 radical (unpaired) electrons. The number of hydrogen-bond acceptors (Lipinski definition) is 0. The van der Waals surface area contributed by atoms with Crippen LogP contribution < -0.4 is 0 Å². The van der Waals surface area contributed by atoms with Gasteiger partial charge in [-0.2, -0.15) is 0 Å². The first-order valence-corrected chi connectivity index (χ1v) is 4.79. The summed E-state index contributed by atoms with van der Waals surface area (Å²) in [7, 11) is 0. The van der Waals surface area contributed by atoms with E-state index in [-0.39, 0.29) is 5.41 Å². The molecule has 0 saturated heterocycles. The van der Waals surface area contributed by atoms with Gasteiger partial charge in [0.05, 0.1) is 0 Å². The van der Waals surface area contributed by atoms with Crippen molar-refractivity contribution in [2.75, 3.05) is 0 Å². The number of rotatable bonds is 3. The van der Waals surface area contributed by atoms with Crippen LogP contribution in [0.3, 0.4) is 0 Å². The second kappa shape index (κ2) is 3.78. The molecule has 0 aromatic heterocycles. The third-order valence-corrected chi connectivity index (χ3v) is 2.79. The predicted octanol–water partition coefficient (Wildman–Crippen LogP) is 3.89. The minimum atomic E-state index is 0.170. The molecule has 0 aliphatic heterocycles. The van der Waals surface area contributed by atoms with Gasteiger partial charge >= 0.3 is 0 Å². The molecule has 0 bridgehead atoms. The largest absolute Gasteiger partial charge is 0.103 e. The van der Waals surface area contributed by atoms with Crippen molar-refractivity contribution in [3.05, 3.63) is 49.1 Å². The van der Waals surface area contributed by atoms with Gasteiger partial charge in [-0.15, -0.1) is 6.58 Å². The van der Waals surface area contributed by atoms with E-state index in [1.54, 1.807) is 0 Å². The first-order valence-electron chi connectivity index (χ1n) is 4.79. The van der Waals surface area contributed by atoms with Gasteiger partial charge in [0.2, 0.25) is 0 Å². The molecule has 0 nitrogen and oxygen atoms in total. The Hall–Kier alpha value is -1.04. The van der Waals surface area contributed by atoms with Gasteiger partial charge in [0.15, 0.2) is 0 Å². The van der Waals surface area contributed by atoms with Crippen LogP contribution in [0.15, 0.2) is 49.1 Å². The third kappa shape index (κ3) is 2.00. The molecule has 0 fully saturated rings. The van der Waals surface area contributed by atoms with Gasteiger partial charge in [-0.3, -0.25) is 0 Å². The number of hydrogen-bond donors (Lipinski definition) is 0. The first-order chi connectivity index (χ1) is 6.10. The summed E-state index contributed by atoms with van der Waals surface area (Å²) in [5, 5.41) is 0. The summed E-state index contributed by atoms with van der Waals surface area (Å²) in [6.07, 6.45) is 11.7. The third-order valence-electron chi connectivity index (χ3n) is 2.79. The Morgan fingerprint density at radius 1 is 1.38 bits per heavy atom. The van der Waals surface area contributed by atoms with Crippen molar-refractivity contribution in [1.82, 2.24) is 0 Å². The van der Waals surface area contributed by atoms with Gasteiger partial charge in [0.25, 0.3) is 0 Å². The summed E-state index contributed by atoms with van der Waals surface area (Å²) < 4.78 is 0. The SMILES string of the molecule is C=CCC1(C(C)C)C=CC(=C)C=C1. The smallest absolute Gasteiger partial charge is 0.0125 e. The summed E-state index contributed by atoms with van der Waals surface area (Å²) >= 11 is 0. The molecule has 0 heteroatoms. The summed E-state index contributed by atoms with van der Waals surface area (Å²) in [6, 6.07) is 0. The van der Waals surface area contributed by atoms with E-state index in [2.05, 4.69) is 51.3 Å². The number of allylic oxidation sites excluding steroid dienone is 6. The van der Waals surface area contributed by atoms with Crippen molar-refractivity contribution >= 4 is 0 Å². The zero-order valence-corrected chi connectivity index (χ0v) is 8.59. The van der Waals surface area contributed by atoms with E-state index in [1.807, 2.05) is 6.08 Å².